The van der Waals surface area contributed by atoms with Crippen LogP contribution in [0.4, 0.5) is 5.69 Å². The fraction of sp³-hybridized carbons (Fsp3) is 0.200. The summed E-state index contributed by atoms with van der Waals surface area (Å²) < 4.78 is 5.12. The van der Waals surface area contributed by atoms with Crippen molar-refractivity contribution in [3.05, 3.63) is 76.1 Å². The molecule has 0 amide bonds. The van der Waals surface area contributed by atoms with E-state index < -0.39 is 0 Å². The molecule has 1 aliphatic rings. The van der Waals surface area contributed by atoms with E-state index in [0.717, 1.165) is 17.8 Å². The molecular weight excluding hydrogens is 469 g/mol. The van der Waals surface area contributed by atoms with E-state index in [2.05, 4.69) is 92.1 Å². The van der Waals surface area contributed by atoms with Gasteiger partial charge in [0.1, 0.15) is 0 Å². The van der Waals surface area contributed by atoms with Crippen LogP contribution in [0.1, 0.15) is 26.6 Å². The Morgan fingerprint density at radius 2 is 1.69 bits per heavy atom. The van der Waals surface area contributed by atoms with Gasteiger partial charge in [-0.3, -0.25) is 0 Å². The topological polar surface area (TPSA) is 30.2 Å². The number of hydrogen-bond acceptors (Lipinski definition) is 2. The van der Waals surface area contributed by atoms with Crippen molar-refractivity contribution in [2.45, 2.75) is 27.2 Å². The number of aromatic nitrogens is 2. The van der Waals surface area contributed by atoms with Crippen LogP contribution in [0.15, 0.2) is 71.7 Å². The zero-order valence-corrected chi connectivity index (χ0v) is 19.0. The van der Waals surface area contributed by atoms with Gasteiger partial charge in [-0.15, -0.1) is 0 Å². The summed E-state index contributed by atoms with van der Waals surface area (Å²) in [6.45, 7) is 6.66. The summed E-state index contributed by atoms with van der Waals surface area (Å²) in [7, 11) is 0. The fourth-order valence-corrected chi connectivity index (χ4v) is 6.41. The zero-order chi connectivity index (χ0) is 20.0. The molecule has 0 spiro atoms. The predicted octanol–water partition coefficient (Wildman–Crippen LogP) is 3.21. The van der Waals surface area contributed by atoms with E-state index in [4.69, 9.17) is 9.98 Å². The van der Waals surface area contributed by atoms with Crippen molar-refractivity contribution in [2.24, 2.45) is 10.9 Å². The molecular formula is C25H23IN3-. The molecule has 4 heteroatoms. The zero-order valence-electron chi connectivity index (χ0n) is 16.9. The first kappa shape index (κ1) is 18.6. The number of hydrogen-bond donors (Lipinski definition) is 0. The molecule has 0 N–H and O–H groups in total. The van der Waals surface area contributed by atoms with Gasteiger partial charge in [0.25, 0.3) is 0 Å². The minimum absolute atomic E-state index is 0.137. The van der Waals surface area contributed by atoms with Crippen molar-refractivity contribution in [3.63, 3.8) is 0 Å². The van der Waals surface area contributed by atoms with E-state index in [9.17, 15) is 0 Å². The molecule has 3 nitrogen and oxygen atoms in total. The summed E-state index contributed by atoms with van der Waals surface area (Å²) in [4.78, 5) is 9.74. The van der Waals surface area contributed by atoms with Crippen LogP contribution in [0, 0.1) is 9.49 Å². The van der Waals surface area contributed by atoms with E-state index in [1.807, 2.05) is 0 Å². The third-order valence-electron chi connectivity index (χ3n) is 5.24. The molecule has 3 aromatic carbocycles. The van der Waals surface area contributed by atoms with Crippen LogP contribution in [-0.2, 0) is 6.42 Å². The molecule has 0 saturated carbocycles. The predicted molar refractivity (Wildman–Crippen MR) is 117 cm³/mol. The molecule has 0 bridgehead atoms. The fourth-order valence-electron chi connectivity index (χ4n) is 3.74. The molecule has 5 rings (SSSR count). The van der Waals surface area contributed by atoms with Crippen molar-refractivity contribution in [3.8, 4) is 16.8 Å². The molecule has 2 heterocycles. The average Bonchev–Trinajstić information content (AvgIpc) is 3.34. The maximum atomic E-state index is 4.88. The van der Waals surface area contributed by atoms with E-state index in [0.29, 0.717) is 5.92 Å². The molecule has 0 atom stereocenters. The number of aliphatic imine (C=N–C) groups is 1. The number of para-hydroxylation sites is 1. The molecule has 1 aliphatic heterocycles. The van der Waals surface area contributed by atoms with E-state index in [1.54, 1.807) is 0 Å². The number of benzene rings is 3. The van der Waals surface area contributed by atoms with Gasteiger partial charge in [-0.05, 0) is 0 Å². The Balaban J connectivity index is 1.61. The van der Waals surface area contributed by atoms with Gasteiger partial charge in [0.2, 0.25) is 0 Å². The Bertz CT molecular complexity index is 1240. The quantitative estimate of drug-likeness (QED) is 0.403. The van der Waals surface area contributed by atoms with Crippen molar-refractivity contribution >= 4 is 20.4 Å². The summed E-state index contributed by atoms with van der Waals surface area (Å²) in [5.74, 6) is 1.64. The summed E-state index contributed by atoms with van der Waals surface area (Å²) in [6, 6.07) is 23.9. The van der Waals surface area contributed by atoms with Crippen molar-refractivity contribution in [1.29, 1.82) is 0 Å². The second kappa shape index (κ2) is 7.41. The van der Waals surface area contributed by atoms with Gasteiger partial charge in [-0.1, -0.05) is 0 Å². The van der Waals surface area contributed by atoms with Crippen LogP contribution in [0.25, 0.3) is 27.8 Å². The number of imidazole rings is 1. The monoisotopic (exact) mass is 492 g/mol. The summed E-state index contributed by atoms with van der Waals surface area (Å²) in [5.41, 5.74) is 7.06. The second-order valence-electron chi connectivity index (χ2n) is 7.61. The molecule has 0 aliphatic carbocycles. The van der Waals surface area contributed by atoms with Gasteiger partial charge in [0, 0.05) is 0 Å². The molecule has 146 valence electrons. The first-order chi connectivity index (χ1) is 14.1. The van der Waals surface area contributed by atoms with Gasteiger partial charge < -0.3 is 0 Å². The van der Waals surface area contributed by atoms with Gasteiger partial charge in [-0.25, -0.2) is 0 Å². The van der Waals surface area contributed by atoms with Crippen molar-refractivity contribution < 1.29 is 21.2 Å². The van der Waals surface area contributed by atoms with Gasteiger partial charge >= 0.3 is 182 Å². The normalized spacial score (nSPS) is 13.4. The van der Waals surface area contributed by atoms with Crippen molar-refractivity contribution in [1.82, 2.24) is 9.55 Å². The summed E-state index contributed by atoms with van der Waals surface area (Å²) in [6.07, 6.45) is 0.900. The number of fused-ring (bicyclic) bond motifs is 2. The van der Waals surface area contributed by atoms with Gasteiger partial charge in [0.05, 0.1) is 0 Å². The van der Waals surface area contributed by atoms with Crippen LogP contribution < -0.4 is 21.2 Å². The van der Waals surface area contributed by atoms with Crippen LogP contribution >= 0.6 is 0 Å². The third-order valence-corrected chi connectivity index (χ3v) is 8.72. The molecule has 4 aromatic rings. The number of aryl methyl sites for hydroxylation is 1. The van der Waals surface area contributed by atoms with Gasteiger partial charge in [-0.2, -0.15) is 0 Å². The second-order valence-corrected chi connectivity index (χ2v) is 10.4. The Morgan fingerprint density at radius 3 is 2.45 bits per heavy atom. The van der Waals surface area contributed by atoms with Crippen LogP contribution in [0.5, 0.6) is 0 Å². The average molecular weight is 492 g/mol. The maximum absolute atomic E-state index is 4.88. The molecule has 0 unspecified atom stereocenters. The molecule has 0 fully saturated rings. The molecule has 0 saturated heterocycles. The molecule has 1 aromatic heterocycles. The Kier molecular flexibility index (Phi) is 4.74. The van der Waals surface area contributed by atoms with E-state index >= 15 is 0 Å². The molecule has 0 radical (unpaired) electrons. The Labute approximate surface area is 181 Å². The van der Waals surface area contributed by atoms with Crippen LogP contribution in [0.3, 0.4) is 0 Å². The first-order valence-electron chi connectivity index (χ1n) is 10.1. The summed E-state index contributed by atoms with van der Waals surface area (Å²) >= 11 is -0.137. The Morgan fingerprint density at radius 1 is 0.931 bits per heavy atom. The third kappa shape index (κ3) is 3.29. The molecule has 29 heavy (non-hydrogen) atoms. The first-order valence-corrected chi connectivity index (χ1v) is 12.2. The summed E-state index contributed by atoms with van der Waals surface area (Å²) in [5, 5.41) is 0. The van der Waals surface area contributed by atoms with Crippen LogP contribution in [-0.4, -0.2) is 13.3 Å². The number of halogens is 1. The number of rotatable bonds is 4. The SMILES string of the molecule is CCc1nc2ccc(-c3ccc4c(c3)[I-]C(C(C)C)=N4)cc2n1-c1ccccc1. The van der Waals surface area contributed by atoms with Gasteiger partial charge in [0.15, 0.2) is 0 Å². The van der Waals surface area contributed by atoms with Crippen molar-refractivity contribution in [2.75, 3.05) is 0 Å². The van der Waals surface area contributed by atoms with E-state index in [-0.39, 0.29) is 21.2 Å². The van der Waals surface area contributed by atoms with E-state index in [1.165, 1.54) is 35.3 Å². The number of nitrogens with zero attached hydrogens (tertiary/aromatic N) is 3. The standard InChI is InChI=1S/C25H23IN3/c1-4-24-27-22-13-11-18(15-23(22)29(24)19-8-6-5-7-9-19)17-10-12-21-20(14-17)26-25(28-21)16(2)3/h5-16H,4H2,1-3H3/q-1. The van der Waals surface area contributed by atoms with Crippen LogP contribution in [0.2, 0.25) is 0 Å². The minimum atomic E-state index is -0.137. The Hall–Kier alpha value is -2.47.